The molecule has 2 N–H and O–H groups in total. The fourth-order valence-electron chi connectivity index (χ4n) is 2.31. The lowest BCUT2D eigenvalue weighted by Gasteiger charge is -2.15. The molecule has 0 aliphatic heterocycles. The standard InChI is InChI=1S/C17H21N3O4S2/c1-24-17(23)13(7-8-25-2)19-15(21)10-26-9-14-18-12-6-4-3-5-11(12)16(22)20-14/h3-6,13H,7-10H2,1-2H3,(H,19,21)(H,18,20,22)/t13-/m1/s1. The number of thioether (sulfide) groups is 2. The number of nitrogens with zero attached hydrogens (tertiary/aromatic N) is 1. The van der Waals surface area contributed by atoms with Gasteiger partial charge in [-0.15, -0.1) is 11.8 Å². The van der Waals surface area contributed by atoms with Crippen LogP contribution in [0.2, 0.25) is 0 Å². The minimum absolute atomic E-state index is 0.156. The Labute approximate surface area is 159 Å². The van der Waals surface area contributed by atoms with Crippen LogP contribution in [0.25, 0.3) is 10.9 Å². The molecule has 7 nitrogen and oxygen atoms in total. The van der Waals surface area contributed by atoms with Crippen LogP contribution in [0.4, 0.5) is 0 Å². The van der Waals surface area contributed by atoms with Gasteiger partial charge in [0.1, 0.15) is 11.9 Å². The Morgan fingerprint density at radius 2 is 2.12 bits per heavy atom. The van der Waals surface area contributed by atoms with Gasteiger partial charge in [0.05, 0.1) is 29.5 Å². The number of H-pyrrole nitrogens is 1. The Balaban J connectivity index is 1.89. The number of rotatable bonds is 9. The minimum atomic E-state index is -0.640. The van der Waals surface area contributed by atoms with E-state index in [1.54, 1.807) is 30.0 Å². The van der Waals surface area contributed by atoms with Gasteiger partial charge in [0.2, 0.25) is 5.91 Å². The summed E-state index contributed by atoms with van der Waals surface area (Å²) in [6.45, 7) is 0. The van der Waals surface area contributed by atoms with Gasteiger partial charge in [0, 0.05) is 0 Å². The quantitative estimate of drug-likeness (QED) is 0.622. The van der Waals surface area contributed by atoms with Crippen molar-refractivity contribution in [2.24, 2.45) is 0 Å². The molecule has 140 valence electrons. The van der Waals surface area contributed by atoms with Gasteiger partial charge in [-0.25, -0.2) is 9.78 Å². The third-order valence-corrected chi connectivity index (χ3v) is 5.15. The number of carbonyl (C=O) groups is 2. The summed E-state index contributed by atoms with van der Waals surface area (Å²) >= 11 is 2.91. The first-order valence-corrected chi connectivity index (χ1v) is 10.5. The molecular weight excluding hydrogens is 374 g/mol. The van der Waals surface area contributed by atoms with Gasteiger partial charge in [-0.05, 0) is 30.6 Å². The average molecular weight is 396 g/mol. The predicted octanol–water partition coefficient (Wildman–Crippen LogP) is 1.57. The van der Waals surface area contributed by atoms with E-state index in [9.17, 15) is 14.4 Å². The predicted molar refractivity (Wildman–Crippen MR) is 105 cm³/mol. The van der Waals surface area contributed by atoms with Crippen molar-refractivity contribution in [3.8, 4) is 0 Å². The Morgan fingerprint density at radius 1 is 1.35 bits per heavy atom. The van der Waals surface area contributed by atoms with Gasteiger partial charge in [-0.2, -0.15) is 11.8 Å². The van der Waals surface area contributed by atoms with E-state index < -0.39 is 12.0 Å². The summed E-state index contributed by atoms with van der Waals surface area (Å²) in [6, 6.07) is 6.46. The van der Waals surface area contributed by atoms with Crippen LogP contribution in [0.15, 0.2) is 29.1 Å². The highest BCUT2D eigenvalue weighted by molar-refractivity contribution is 7.99. The number of methoxy groups -OCH3 is 1. The van der Waals surface area contributed by atoms with Crippen LogP contribution < -0.4 is 10.9 Å². The van der Waals surface area contributed by atoms with Crippen molar-refractivity contribution in [2.75, 3.05) is 24.9 Å². The zero-order valence-corrected chi connectivity index (χ0v) is 16.2. The molecule has 0 spiro atoms. The van der Waals surface area contributed by atoms with Crippen molar-refractivity contribution in [1.29, 1.82) is 0 Å². The van der Waals surface area contributed by atoms with E-state index in [1.807, 2.05) is 12.3 Å². The highest BCUT2D eigenvalue weighted by Gasteiger charge is 2.20. The molecule has 0 bridgehead atoms. The summed E-state index contributed by atoms with van der Waals surface area (Å²) in [5, 5.41) is 3.23. The maximum atomic E-state index is 12.1. The largest absolute Gasteiger partial charge is 0.467 e. The number of fused-ring (bicyclic) bond motifs is 1. The molecule has 0 saturated carbocycles. The number of esters is 1. The van der Waals surface area contributed by atoms with E-state index in [4.69, 9.17) is 4.74 Å². The first-order chi connectivity index (χ1) is 12.5. The number of aromatic amines is 1. The third kappa shape index (κ3) is 5.77. The molecule has 26 heavy (non-hydrogen) atoms. The van der Waals surface area contributed by atoms with E-state index in [1.165, 1.54) is 18.9 Å². The number of nitrogens with one attached hydrogen (secondary N) is 2. The summed E-state index contributed by atoms with van der Waals surface area (Å²) in [5.41, 5.74) is 0.428. The Hall–Kier alpha value is -2.00. The van der Waals surface area contributed by atoms with Crippen LogP contribution >= 0.6 is 23.5 Å². The maximum Gasteiger partial charge on any atom is 0.328 e. The first-order valence-electron chi connectivity index (χ1n) is 7.97. The fourth-order valence-corrected chi connectivity index (χ4v) is 3.48. The van der Waals surface area contributed by atoms with Gasteiger partial charge in [-0.1, -0.05) is 12.1 Å². The van der Waals surface area contributed by atoms with Crippen LogP contribution in [0.5, 0.6) is 0 Å². The van der Waals surface area contributed by atoms with E-state index in [2.05, 4.69) is 15.3 Å². The number of hydrogen-bond donors (Lipinski definition) is 2. The third-order valence-electron chi connectivity index (χ3n) is 3.57. The molecule has 0 aliphatic carbocycles. The summed E-state index contributed by atoms with van der Waals surface area (Å²) in [7, 11) is 1.30. The summed E-state index contributed by atoms with van der Waals surface area (Å²) in [6.07, 6.45) is 2.45. The van der Waals surface area contributed by atoms with Crippen molar-refractivity contribution < 1.29 is 14.3 Å². The Morgan fingerprint density at radius 3 is 2.85 bits per heavy atom. The number of para-hydroxylation sites is 1. The molecule has 2 rings (SSSR count). The Bertz CT molecular complexity index is 825. The second kappa shape index (κ2) is 10.2. The molecule has 1 amide bonds. The van der Waals surface area contributed by atoms with Crippen molar-refractivity contribution in [2.45, 2.75) is 18.2 Å². The smallest absolute Gasteiger partial charge is 0.328 e. The Kier molecular flexibility index (Phi) is 7.99. The SMILES string of the molecule is COC(=O)[C@@H](CCSC)NC(=O)CSCc1nc2ccccc2c(=O)[nH]1. The number of carbonyl (C=O) groups excluding carboxylic acids is 2. The number of ether oxygens (including phenoxy) is 1. The van der Waals surface area contributed by atoms with E-state index in [0.29, 0.717) is 28.9 Å². The zero-order valence-electron chi connectivity index (χ0n) is 14.6. The topological polar surface area (TPSA) is 101 Å². The van der Waals surface area contributed by atoms with Gasteiger partial charge >= 0.3 is 5.97 Å². The van der Waals surface area contributed by atoms with Crippen LogP contribution in [-0.2, 0) is 20.1 Å². The van der Waals surface area contributed by atoms with E-state index in [0.717, 1.165) is 5.75 Å². The van der Waals surface area contributed by atoms with E-state index >= 15 is 0 Å². The van der Waals surface area contributed by atoms with Crippen molar-refractivity contribution in [3.05, 3.63) is 40.4 Å². The highest BCUT2D eigenvalue weighted by Crippen LogP contribution is 2.11. The molecule has 2 aromatic rings. The van der Waals surface area contributed by atoms with Crippen LogP contribution in [-0.4, -0.2) is 52.8 Å². The highest BCUT2D eigenvalue weighted by atomic mass is 32.2. The minimum Gasteiger partial charge on any atom is -0.467 e. The van der Waals surface area contributed by atoms with Crippen molar-refractivity contribution >= 4 is 46.3 Å². The van der Waals surface area contributed by atoms with Gasteiger partial charge < -0.3 is 15.0 Å². The lowest BCUT2D eigenvalue weighted by molar-refractivity contribution is -0.144. The molecule has 0 fully saturated rings. The van der Waals surface area contributed by atoms with Crippen molar-refractivity contribution in [1.82, 2.24) is 15.3 Å². The molecule has 0 aliphatic rings. The van der Waals surface area contributed by atoms with Crippen molar-refractivity contribution in [3.63, 3.8) is 0 Å². The second-order valence-electron chi connectivity index (χ2n) is 5.45. The molecule has 1 heterocycles. The monoisotopic (exact) mass is 395 g/mol. The number of amides is 1. The maximum absolute atomic E-state index is 12.1. The average Bonchev–Trinajstić information content (AvgIpc) is 2.64. The summed E-state index contributed by atoms with van der Waals surface area (Å²) in [5.74, 6) is 1.10. The molecule has 1 aromatic heterocycles. The van der Waals surface area contributed by atoms with Gasteiger partial charge in [-0.3, -0.25) is 9.59 Å². The van der Waals surface area contributed by atoms with Gasteiger partial charge in [0.15, 0.2) is 0 Å². The zero-order chi connectivity index (χ0) is 18.9. The molecule has 0 unspecified atom stereocenters. The molecule has 0 radical (unpaired) electrons. The molecular formula is C17H21N3O4S2. The van der Waals surface area contributed by atoms with Gasteiger partial charge in [0.25, 0.3) is 5.56 Å². The van der Waals surface area contributed by atoms with Crippen LogP contribution in [0.1, 0.15) is 12.2 Å². The second-order valence-corrected chi connectivity index (χ2v) is 7.42. The molecule has 0 saturated heterocycles. The normalized spacial score (nSPS) is 11.9. The number of hydrogen-bond acceptors (Lipinski definition) is 7. The molecule has 9 heteroatoms. The molecule has 1 aromatic carbocycles. The number of aromatic nitrogens is 2. The summed E-state index contributed by atoms with van der Waals surface area (Å²) in [4.78, 5) is 42.9. The van der Waals surface area contributed by atoms with Crippen LogP contribution in [0.3, 0.4) is 0 Å². The lowest BCUT2D eigenvalue weighted by atomic mass is 10.2. The number of benzene rings is 1. The molecule has 1 atom stereocenters. The summed E-state index contributed by atoms with van der Waals surface area (Å²) < 4.78 is 4.72. The first kappa shape index (κ1) is 20.3. The van der Waals surface area contributed by atoms with Crippen LogP contribution in [0, 0.1) is 0 Å². The lowest BCUT2D eigenvalue weighted by Crippen LogP contribution is -2.42. The fraction of sp³-hybridized carbons (Fsp3) is 0.412. The van der Waals surface area contributed by atoms with E-state index in [-0.39, 0.29) is 17.2 Å².